The summed E-state index contributed by atoms with van der Waals surface area (Å²) >= 11 is 5.80. The lowest BCUT2D eigenvalue weighted by atomic mass is 9.92. The molecule has 1 fully saturated rings. The third kappa shape index (κ3) is 5.83. The average Bonchev–Trinajstić information content (AvgIpc) is 2.73. The summed E-state index contributed by atoms with van der Waals surface area (Å²) in [5.41, 5.74) is 0.525. The summed E-state index contributed by atoms with van der Waals surface area (Å²) in [6, 6.07) is 10.9. The van der Waals surface area contributed by atoms with Gasteiger partial charge in [0.15, 0.2) is 11.0 Å². The van der Waals surface area contributed by atoms with Crippen LogP contribution in [0.5, 0.6) is 5.75 Å². The first-order valence-electron chi connectivity index (χ1n) is 9.80. The van der Waals surface area contributed by atoms with Gasteiger partial charge in [0.2, 0.25) is 0 Å². The summed E-state index contributed by atoms with van der Waals surface area (Å²) in [5, 5.41) is 8.50. The molecule has 7 heteroatoms. The van der Waals surface area contributed by atoms with Gasteiger partial charge in [-0.15, -0.1) is 10.2 Å². The number of anilines is 1. The number of rotatable bonds is 8. The summed E-state index contributed by atoms with van der Waals surface area (Å²) in [4.78, 5) is 14.0. The van der Waals surface area contributed by atoms with Crippen molar-refractivity contribution in [3.8, 4) is 5.75 Å². The Morgan fingerprint density at radius 3 is 2.75 bits per heavy atom. The van der Waals surface area contributed by atoms with Gasteiger partial charge >= 0.3 is 5.97 Å². The Labute approximate surface area is 170 Å². The first-order valence-corrected chi connectivity index (χ1v) is 10.2. The standard InChI is InChI=1S/C21H26ClN3O3/c1-2-27-21(26)17-6-3-7-18(15-17)28-14-4-5-16-10-12-25(13-11-16)20-9-8-19(22)23-24-20/h3,6-9,15-16H,2,4-5,10-14H2,1H3. The zero-order valence-electron chi connectivity index (χ0n) is 16.1. The molecule has 28 heavy (non-hydrogen) atoms. The van der Waals surface area contributed by atoms with Crippen molar-refractivity contribution in [2.45, 2.75) is 32.6 Å². The van der Waals surface area contributed by atoms with Crippen LogP contribution >= 0.6 is 11.6 Å². The SMILES string of the molecule is CCOC(=O)c1cccc(OCCCC2CCN(c3ccc(Cl)nn3)CC2)c1. The van der Waals surface area contributed by atoms with Crippen LogP contribution in [0, 0.1) is 5.92 Å². The molecular formula is C21H26ClN3O3. The topological polar surface area (TPSA) is 64.6 Å². The highest BCUT2D eigenvalue weighted by Crippen LogP contribution is 2.25. The maximum atomic E-state index is 11.8. The first kappa shape index (κ1) is 20.4. The van der Waals surface area contributed by atoms with Crippen LogP contribution in [-0.4, -0.2) is 42.5 Å². The van der Waals surface area contributed by atoms with Crippen molar-refractivity contribution < 1.29 is 14.3 Å². The van der Waals surface area contributed by atoms with Crippen molar-refractivity contribution in [3.05, 3.63) is 47.1 Å². The maximum absolute atomic E-state index is 11.8. The number of halogens is 1. The number of carbonyl (C=O) groups is 1. The van der Waals surface area contributed by atoms with E-state index in [-0.39, 0.29) is 5.97 Å². The number of nitrogens with zero attached hydrogens (tertiary/aromatic N) is 3. The first-order chi connectivity index (χ1) is 13.7. The summed E-state index contributed by atoms with van der Waals surface area (Å²) < 4.78 is 10.8. The number of hydrogen-bond donors (Lipinski definition) is 0. The minimum absolute atomic E-state index is 0.315. The fraction of sp³-hybridized carbons (Fsp3) is 0.476. The van der Waals surface area contributed by atoms with Gasteiger partial charge < -0.3 is 14.4 Å². The highest BCUT2D eigenvalue weighted by molar-refractivity contribution is 6.29. The third-order valence-corrected chi connectivity index (χ3v) is 5.13. The zero-order valence-corrected chi connectivity index (χ0v) is 16.9. The molecule has 150 valence electrons. The number of carbonyl (C=O) groups excluding carboxylic acids is 1. The highest BCUT2D eigenvalue weighted by atomic mass is 35.5. The molecule has 0 unspecified atom stereocenters. The molecule has 0 aliphatic carbocycles. The van der Waals surface area contributed by atoms with Crippen molar-refractivity contribution in [1.29, 1.82) is 0 Å². The largest absolute Gasteiger partial charge is 0.494 e. The van der Waals surface area contributed by atoms with Gasteiger partial charge in [0.05, 0.1) is 18.8 Å². The van der Waals surface area contributed by atoms with E-state index in [1.807, 2.05) is 18.2 Å². The second-order valence-corrected chi connectivity index (χ2v) is 7.27. The van der Waals surface area contributed by atoms with Gasteiger partial charge in [-0.1, -0.05) is 17.7 Å². The number of benzene rings is 1. The summed E-state index contributed by atoms with van der Waals surface area (Å²) in [5.74, 6) is 1.99. The lowest BCUT2D eigenvalue weighted by molar-refractivity contribution is 0.0526. The van der Waals surface area contributed by atoms with E-state index in [2.05, 4.69) is 15.1 Å². The maximum Gasteiger partial charge on any atom is 0.338 e. The van der Waals surface area contributed by atoms with Crippen LogP contribution in [0.4, 0.5) is 5.82 Å². The Balaban J connectivity index is 1.37. The monoisotopic (exact) mass is 403 g/mol. The molecule has 1 aliphatic rings. The van der Waals surface area contributed by atoms with E-state index in [4.69, 9.17) is 21.1 Å². The van der Waals surface area contributed by atoms with Crippen LogP contribution < -0.4 is 9.64 Å². The normalized spacial score (nSPS) is 14.7. The van der Waals surface area contributed by atoms with Crippen LogP contribution in [0.25, 0.3) is 0 Å². The molecule has 0 spiro atoms. The van der Waals surface area contributed by atoms with Crippen molar-refractivity contribution >= 4 is 23.4 Å². The molecule has 2 aromatic rings. The highest BCUT2D eigenvalue weighted by Gasteiger charge is 2.20. The van der Waals surface area contributed by atoms with Crippen LogP contribution in [0.3, 0.4) is 0 Å². The Morgan fingerprint density at radius 1 is 1.21 bits per heavy atom. The smallest absolute Gasteiger partial charge is 0.338 e. The van der Waals surface area contributed by atoms with Crippen LogP contribution in [-0.2, 0) is 4.74 Å². The molecule has 0 amide bonds. The van der Waals surface area contributed by atoms with Gasteiger partial charge in [-0.25, -0.2) is 4.79 Å². The van der Waals surface area contributed by atoms with Crippen molar-refractivity contribution in [2.75, 3.05) is 31.2 Å². The lowest BCUT2D eigenvalue weighted by Gasteiger charge is -2.32. The van der Waals surface area contributed by atoms with E-state index in [9.17, 15) is 4.79 Å². The molecule has 6 nitrogen and oxygen atoms in total. The summed E-state index contributed by atoms with van der Waals surface area (Å²) in [6.45, 7) is 4.79. The Morgan fingerprint density at radius 2 is 2.04 bits per heavy atom. The zero-order chi connectivity index (χ0) is 19.8. The second kappa shape index (κ2) is 10.3. The van der Waals surface area contributed by atoms with Crippen LogP contribution in [0.2, 0.25) is 5.15 Å². The average molecular weight is 404 g/mol. The molecule has 1 saturated heterocycles. The number of hydrogen-bond acceptors (Lipinski definition) is 6. The fourth-order valence-electron chi connectivity index (χ4n) is 3.42. The fourth-order valence-corrected chi connectivity index (χ4v) is 3.52. The minimum atomic E-state index is -0.315. The van der Waals surface area contributed by atoms with Gasteiger partial charge in [-0.05, 0) is 68.9 Å². The minimum Gasteiger partial charge on any atom is -0.494 e. The molecule has 3 rings (SSSR count). The van der Waals surface area contributed by atoms with E-state index < -0.39 is 0 Å². The predicted molar refractivity (Wildman–Crippen MR) is 109 cm³/mol. The molecule has 1 aliphatic heterocycles. The molecule has 0 radical (unpaired) electrons. The van der Waals surface area contributed by atoms with Crippen molar-refractivity contribution in [2.24, 2.45) is 5.92 Å². The van der Waals surface area contributed by atoms with Gasteiger partial charge in [0.25, 0.3) is 0 Å². The molecule has 1 aromatic carbocycles. The van der Waals surface area contributed by atoms with Crippen molar-refractivity contribution in [3.63, 3.8) is 0 Å². The van der Waals surface area contributed by atoms with Crippen molar-refractivity contribution in [1.82, 2.24) is 10.2 Å². The summed E-state index contributed by atoms with van der Waals surface area (Å²) in [6.07, 6.45) is 4.41. The molecule has 0 saturated carbocycles. The number of piperidine rings is 1. The number of esters is 1. The Bertz CT molecular complexity index is 762. The van der Waals surface area contributed by atoms with Crippen LogP contribution in [0.15, 0.2) is 36.4 Å². The Kier molecular flexibility index (Phi) is 7.48. The van der Waals surface area contributed by atoms with Gasteiger partial charge in [-0.2, -0.15) is 0 Å². The van der Waals surface area contributed by atoms with E-state index >= 15 is 0 Å². The van der Waals surface area contributed by atoms with E-state index in [1.165, 1.54) is 0 Å². The molecule has 0 N–H and O–H groups in total. The van der Waals surface area contributed by atoms with E-state index in [0.717, 1.165) is 44.6 Å². The number of ether oxygens (including phenoxy) is 2. The second-order valence-electron chi connectivity index (χ2n) is 6.88. The number of aromatic nitrogens is 2. The molecule has 0 bridgehead atoms. The van der Waals surface area contributed by atoms with Gasteiger partial charge in [0.1, 0.15) is 5.75 Å². The molecule has 1 aromatic heterocycles. The third-order valence-electron chi connectivity index (χ3n) is 4.93. The van der Waals surface area contributed by atoms with Gasteiger partial charge in [0, 0.05) is 13.1 Å². The lowest BCUT2D eigenvalue weighted by Crippen LogP contribution is -2.34. The van der Waals surface area contributed by atoms with Gasteiger partial charge in [-0.3, -0.25) is 0 Å². The molecular weight excluding hydrogens is 378 g/mol. The van der Waals surface area contributed by atoms with Crippen LogP contribution in [0.1, 0.15) is 43.0 Å². The summed E-state index contributed by atoms with van der Waals surface area (Å²) in [7, 11) is 0. The molecule has 0 atom stereocenters. The Hall–Kier alpha value is -2.34. The molecule has 2 heterocycles. The van der Waals surface area contributed by atoms with E-state index in [0.29, 0.717) is 35.6 Å². The van der Waals surface area contributed by atoms with E-state index in [1.54, 1.807) is 25.1 Å². The quantitative estimate of drug-likeness (QED) is 0.481. The predicted octanol–water partition coefficient (Wildman–Crippen LogP) is 4.38.